The van der Waals surface area contributed by atoms with Gasteiger partial charge < -0.3 is 0 Å². The van der Waals surface area contributed by atoms with Crippen molar-refractivity contribution in [3.8, 4) is 0 Å². The van der Waals surface area contributed by atoms with E-state index < -0.39 is 0 Å². The molecule has 0 aliphatic carbocycles. The standard InChI is InChI=1S/20CH4.C.79Si/h20*1H4;;;;;;;;;;;;;;;;;;;;;;;;;;;;;;;;;;;;;;;;;;;;;;;;;;;;;;;;;;;;;;;;;;;;;;;;;;;;;;;;. The van der Waals surface area contributed by atoms with Crippen molar-refractivity contribution in [3.05, 3.63) is 7.43 Å². The lowest BCUT2D eigenvalue weighted by atomic mass is 12.0. The van der Waals surface area contributed by atoms with Gasteiger partial charge in [0.15, 0.2) is 0 Å². The summed E-state index contributed by atoms with van der Waals surface area (Å²) in [6.07, 6.45) is 0. The topological polar surface area (TPSA) is 0 Å². The molecular formula is C21H80Si79. The molecule has 0 atom stereocenters. The first kappa shape index (κ1) is 5380. The lowest BCUT2D eigenvalue weighted by Crippen LogP contribution is -0.382. The van der Waals surface area contributed by atoms with Crippen LogP contribution in [-0.2, 0) is 0 Å². The first-order valence-electron chi connectivity index (χ1n) is 0. The molecule has 320 radical (unpaired) electrons. The summed E-state index contributed by atoms with van der Waals surface area (Å²) < 4.78 is 0. The SMILES string of the molecule is C.C.C.C.C.C.C.C.C.C.C.C.C.C.C.C.C.C.C.C.[C].[Si].[Si].[Si].[Si].[Si].[Si].[Si].[Si].[Si].[Si].[Si].[Si].[Si].[Si].[Si].[Si].[Si].[Si].[Si].[Si].[Si].[Si].[Si].[Si].[Si].[Si].[Si].[Si].[Si].[Si].[Si].[Si].[Si].[Si].[Si].[Si].[Si].[Si].[Si].[Si].[Si].[Si].[Si].[Si].[Si].[Si].[Si].[Si].[Si].[Si].[Si].[Si].[Si].[Si].[Si].[Si].[Si].[Si].[Si].[Si].[Si].[Si].[Si].[Si].[Si].[Si].[Si].[Si].[Si].[Si].[Si].[Si].[Si].[Si].[Si].[Si].[Si].[Si].[Si]. The summed E-state index contributed by atoms with van der Waals surface area (Å²) in [7, 11) is 0. The van der Waals surface area contributed by atoms with Crippen molar-refractivity contribution < 1.29 is 0 Å². The second-order valence-electron chi connectivity index (χ2n) is 0. The Bertz CT molecular complexity index is 74.1. The summed E-state index contributed by atoms with van der Waals surface area (Å²) in [4.78, 5) is 0. The third kappa shape index (κ3) is 5110. The van der Waals surface area contributed by atoms with Gasteiger partial charge in [0.05, 0.1) is 0 Å². The Labute approximate surface area is 1010 Å². The molecule has 0 unspecified atom stereocenters. The van der Waals surface area contributed by atoms with Gasteiger partial charge in [-0.1, -0.05) is 149 Å². The van der Waals surface area contributed by atoms with E-state index in [1.165, 1.54) is 0 Å². The zero-order valence-electron chi connectivity index (χ0n) is 40.0. The van der Waals surface area contributed by atoms with Crippen molar-refractivity contribution in [2.45, 2.75) is 149 Å². The first-order chi connectivity index (χ1) is 0. The van der Waals surface area contributed by atoms with Crippen LogP contribution in [-0.4, -0.2) is 866 Å². The summed E-state index contributed by atoms with van der Waals surface area (Å²) >= 11 is 0. The van der Waals surface area contributed by atoms with Gasteiger partial charge in [0.2, 0.25) is 0 Å². The highest BCUT2D eigenvalue weighted by atomic mass is 28.2. The van der Waals surface area contributed by atoms with Gasteiger partial charge >= 0.3 is 0 Å². The minimum atomic E-state index is 0. The van der Waals surface area contributed by atoms with E-state index in [-0.39, 0.29) is 1020 Å². The average Bonchev–Trinajstić information content (AvgIpc) is 0. The van der Waals surface area contributed by atoms with Crippen LogP contribution in [0.25, 0.3) is 0 Å². The predicted molar refractivity (Wildman–Crippen MR) is 592 cm³/mol. The maximum atomic E-state index is 0. The van der Waals surface area contributed by atoms with Crippen LogP contribution in [0.1, 0.15) is 149 Å². The molecule has 0 nitrogen and oxygen atoms in total. The Morgan fingerprint density at radius 1 is 0.0300 bits per heavy atom. The molecule has 0 aliphatic rings. The molecule has 0 aromatic rings. The Morgan fingerprint density at radius 3 is 0.0300 bits per heavy atom. The van der Waals surface area contributed by atoms with Gasteiger partial charge in [0.25, 0.3) is 0 Å². The number of hydrogen-bond acceptors (Lipinski definition) is 0. The lowest BCUT2D eigenvalue weighted by Gasteiger charge is -0.0786. The van der Waals surface area contributed by atoms with Crippen LogP contribution in [0, 0.1) is 7.43 Å². The Balaban J connectivity index is 0. The fourth-order valence-corrected chi connectivity index (χ4v) is 0. The summed E-state index contributed by atoms with van der Waals surface area (Å²) in [5, 5.41) is 0. The molecule has 0 heterocycles. The smallest absolute Gasteiger partial charge is 0 e. The van der Waals surface area contributed by atoms with Gasteiger partial charge in [-0.25, -0.2) is 0 Å². The fraction of sp³-hybridized carbons (Fsp3) is 0.952. The third-order valence-corrected chi connectivity index (χ3v) is 0. The van der Waals surface area contributed by atoms with Crippen molar-refractivity contribution >= 4 is 866 Å². The van der Waals surface area contributed by atoms with Gasteiger partial charge in [-0.3, -0.25) is 0 Å². The molecule has 0 amide bonds. The second kappa shape index (κ2) is 5240. The molecule has 0 N–H and O–H groups in total. The number of rotatable bonds is 0. The van der Waals surface area contributed by atoms with Gasteiger partial charge in [0, 0.05) is 874 Å². The molecule has 0 saturated carbocycles. The maximum absolute atomic E-state index is 0. The van der Waals surface area contributed by atoms with Crippen LogP contribution in [0.15, 0.2) is 0 Å². The summed E-state index contributed by atoms with van der Waals surface area (Å²) in [6, 6.07) is 0. The summed E-state index contributed by atoms with van der Waals surface area (Å²) in [5.41, 5.74) is 0. The highest BCUT2D eigenvalue weighted by Gasteiger charge is 0.0898. The fourth-order valence-electron chi connectivity index (χ4n) is 0. The van der Waals surface area contributed by atoms with Crippen LogP contribution in [0.2, 0.25) is 0 Å². The zero-order chi connectivity index (χ0) is 0. The van der Waals surface area contributed by atoms with Crippen molar-refractivity contribution in [2.75, 3.05) is 0 Å². The largest absolute Gasteiger partial charge is 0.0776 e. The van der Waals surface area contributed by atoms with Gasteiger partial charge in [0.1, 0.15) is 0 Å². The van der Waals surface area contributed by atoms with Crippen molar-refractivity contribution in [2.24, 2.45) is 0 Å². The molecule has 0 bridgehead atoms. The molecule has 0 fully saturated rings. The van der Waals surface area contributed by atoms with Gasteiger partial charge in [-0.15, -0.1) is 0 Å². The molecule has 0 aliphatic heterocycles. The second-order valence-corrected chi connectivity index (χ2v) is 0. The van der Waals surface area contributed by atoms with Crippen molar-refractivity contribution in [1.29, 1.82) is 0 Å². The van der Waals surface area contributed by atoms with E-state index in [2.05, 4.69) is 0 Å². The van der Waals surface area contributed by atoms with Crippen molar-refractivity contribution in [1.82, 2.24) is 0 Å². The molecule has 0 saturated heterocycles. The molecule has 79 heteroatoms. The molecule has 100 heavy (non-hydrogen) atoms. The van der Waals surface area contributed by atoms with E-state index >= 15 is 0 Å². The lowest BCUT2D eigenvalue weighted by molar-refractivity contribution is 2.50. The minimum Gasteiger partial charge on any atom is -0.0776 e. The monoisotopic (exact) mass is 2540 g/mol. The van der Waals surface area contributed by atoms with Crippen molar-refractivity contribution in [3.63, 3.8) is 0 Å². The normalized spacial score (nSPS) is 0. The Hall–Kier alpha value is 17.1. The van der Waals surface area contributed by atoms with E-state index in [9.17, 15) is 0 Å². The Kier molecular flexibility index (Phi) is 282000. The Morgan fingerprint density at radius 2 is 0.0300 bits per heavy atom. The first-order valence-corrected chi connectivity index (χ1v) is 0. The van der Waals surface area contributed by atoms with E-state index in [1.807, 2.05) is 0 Å². The van der Waals surface area contributed by atoms with Crippen LogP contribution in [0.3, 0.4) is 0 Å². The third-order valence-electron chi connectivity index (χ3n) is 0. The maximum Gasteiger partial charge on any atom is 0 e. The quantitative estimate of drug-likeness (QED) is 0.212. The molecule has 0 spiro atoms. The van der Waals surface area contributed by atoms with E-state index in [4.69, 9.17) is 0 Å². The molecule has 0 aromatic carbocycles. The van der Waals surface area contributed by atoms with Gasteiger partial charge in [-0.05, 0) is 0 Å². The van der Waals surface area contributed by atoms with Crippen LogP contribution >= 0.6 is 0 Å². The van der Waals surface area contributed by atoms with Crippen LogP contribution < -0.4 is 0 Å². The average molecular weight is 2550 g/mol. The van der Waals surface area contributed by atoms with E-state index in [1.54, 1.807) is 0 Å². The van der Waals surface area contributed by atoms with Crippen LogP contribution in [0.4, 0.5) is 0 Å². The van der Waals surface area contributed by atoms with Gasteiger partial charge in [-0.2, -0.15) is 0 Å². The molecule has 0 aromatic heterocycles. The highest BCUT2D eigenvalue weighted by molar-refractivity contribution is 5.83. The highest BCUT2D eigenvalue weighted by Crippen LogP contribution is 0.167. The van der Waals surface area contributed by atoms with E-state index in [0.717, 1.165) is 0 Å². The molecule has 0 rings (SSSR count). The zero-order valence-corrected chi connectivity index (χ0v) is 119. The minimum absolute atomic E-state index is 0. The van der Waals surface area contributed by atoms with Crippen LogP contribution in [0.5, 0.6) is 0 Å². The number of hydrogen-bond donors (Lipinski definition) is 0. The molecular weight excluding hydrogens is 2470 g/mol. The van der Waals surface area contributed by atoms with E-state index in [0.29, 0.717) is 0 Å². The summed E-state index contributed by atoms with van der Waals surface area (Å²) in [5.74, 6) is 0. The summed E-state index contributed by atoms with van der Waals surface area (Å²) in [6.45, 7) is 0. The molecule has 480 valence electrons. The predicted octanol–water partition coefficient (Wildman–Crippen LogP) is -17.3.